The number of aryl methyl sites for hydroxylation is 1. The van der Waals surface area contributed by atoms with E-state index in [1.54, 1.807) is 31.2 Å². The first-order valence-corrected chi connectivity index (χ1v) is 8.50. The monoisotopic (exact) mass is 341 g/mol. The first kappa shape index (κ1) is 16.3. The van der Waals surface area contributed by atoms with Crippen LogP contribution in [0.4, 0.5) is 5.69 Å². The second kappa shape index (κ2) is 5.98. The molecule has 2 rings (SSSR count). The molecule has 0 aliphatic carbocycles. The number of methoxy groups -OCH3 is 1. The van der Waals surface area contributed by atoms with Crippen molar-refractivity contribution in [2.45, 2.75) is 11.1 Å². The van der Waals surface area contributed by atoms with Crippen LogP contribution in [0.1, 0.15) is 15.2 Å². The third-order valence-corrected chi connectivity index (χ3v) is 6.57. The molecule has 1 heterocycles. The molecular formula is C14H15NO5S2. The molecule has 0 saturated carbocycles. The summed E-state index contributed by atoms with van der Waals surface area (Å²) in [5, 5.41) is 9.06. The fourth-order valence-electron chi connectivity index (χ4n) is 1.95. The zero-order chi connectivity index (χ0) is 16.5. The van der Waals surface area contributed by atoms with Crippen LogP contribution >= 0.6 is 11.3 Å². The summed E-state index contributed by atoms with van der Waals surface area (Å²) in [5.41, 5.74) is 0.803. The van der Waals surface area contributed by atoms with Crippen LogP contribution < -0.4 is 9.04 Å². The lowest BCUT2D eigenvalue weighted by Crippen LogP contribution is -2.26. The molecule has 1 aromatic heterocycles. The Morgan fingerprint density at radius 2 is 1.95 bits per heavy atom. The molecule has 0 spiro atoms. The van der Waals surface area contributed by atoms with Crippen molar-refractivity contribution in [3.05, 3.63) is 40.8 Å². The molecule has 1 N–H and O–H groups in total. The molecule has 0 radical (unpaired) electrons. The molecule has 0 atom stereocenters. The lowest BCUT2D eigenvalue weighted by atomic mass is 10.3. The number of carboxylic acids is 1. The van der Waals surface area contributed by atoms with Crippen molar-refractivity contribution in [3.63, 3.8) is 0 Å². The highest BCUT2D eigenvalue weighted by Gasteiger charge is 2.27. The highest BCUT2D eigenvalue weighted by Crippen LogP contribution is 2.34. The van der Waals surface area contributed by atoms with Gasteiger partial charge < -0.3 is 9.84 Å². The molecule has 0 amide bonds. The number of carboxylic acid groups (broad SMARTS) is 1. The minimum atomic E-state index is -3.85. The van der Waals surface area contributed by atoms with Crippen LogP contribution in [0.25, 0.3) is 0 Å². The number of carbonyl (C=O) groups is 1. The third-order valence-electron chi connectivity index (χ3n) is 3.13. The molecule has 118 valence electrons. The maximum absolute atomic E-state index is 12.7. The largest absolute Gasteiger partial charge is 0.495 e. The summed E-state index contributed by atoms with van der Waals surface area (Å²) >= 11 is 0.741. The topological polar surface area (TPSA) is 83.9 Å². The number of para-hydroxylation sites is 2. The van der Waals surface area contributed by atoms with E-state index in [1.165, 1.54) is 20.2 Å². The number of aromatic carboxylic acids is 1. The average Bonchev–Trinajstić information content (AvgIpc) is 2.89. The van der Waals surface area contributed by atoms with Gasteiger partial charge in [-0.3, -0.25) is 4.31 Å². The van der Waals surface area contributed by atoms with E-state index in [9.17, 15) is 13.2 Å². The predicted molar refractivity (Wildman–Crippen MR) is 84.6 cm³/mol. The van der Waals surface area contributed by atoms with Crippen molar-refractivity contribution < 1.29 is 23.1 Å². The lowest BCUT2D eigenvalue weighted by molar-refractivity contribution is 0.0701. The Balaban J connectivity index is 2.50. The number of thiophene rings is 1. The summed E-state index contributed by atoms with van der Waals surface area (Å²) < 4.78 is 31.6. The maximum atomic E-state index is 12.7. The molecule has 1 aromatic carbocycles. The Bertz CT molecular complexity index is 810. The van der Waals surface area contributed by atoms with Crippen molar-refractivity contribution in [3.8, 4) is 5.75 Å². The van der Waals surface area contributed by atoms with Gasteiger partial charge in [-0.15, -0.1) is 11.3 Å². The summed E-state index contributed by atoms with van der Waals surface area (Å²) in [5.74, 6) is -0.718. The minimum Gasteiger partial charge on any atom is -0.495 e. The number of nitrogens with zero attached hydrogens (tertiary/aromatic N) is 1. The van der Waals surface area contributed by atoms with E-state index in [2.05, 4.69) is 0 Å². The zero-order valence-electron chi connectivity index (χ0n) is 12.2. The second-order valence-electron chi connectivity index (χ2n) is 4.53. The second-order valence-corrected chi connectivity index (χ2v) is 7.78. The van der Waals surface area contributed by atoms with Crippen LogP contribution in [0.15, 0.2) is 34.5 Å². The SMILES string of the molecule is COc1ccccc1N(C)S(=O)(=O)c1cc(C)c(C(=O)O)s1. The number of rotatable bonds is 5. The van der Waals surface area contributed by atoms with E-state index in [-0.39, 0.29) is 9.09 Å². The van der Waals surface area contributed by atoms with E-state index in [1.807, 2.05) is 0 Å². The van der Waals surface area contributed by atoms with Crippen molar-refractivity contribution in [1.82, 2.24) is 0 Å². The highest BCUT2D eigenvalue weighted by molar-refractivity contribution is 7.94. The number of ether oxygens (including phenoxy) is 1. The van der Waals surface area contributed by atoms with Gasteiger partial charge in [-0.05, 0) is 30.7 Å². The smallest absolute Gasteiger partial charge is 0.346 e. The molecule has 0 fully saturated rings. The first-order valence-electron chi connectivity index (χ1n) is 6.24. The number of sulfonamides is 1. The Morgan fingerprint density at radius 1 is 1.32 bits per heavy atom. The molecule has 0 unspecified atom stereocenters. The van der Waals surface area contributed by atoms with E-state index >= 15 is 0 Å². The van der Waals surface area contributed by atoms with Crippen LogP contribution in [0, 0.1) is 6.92 Å². The molecule has 0 bridgehead atoms. The normalized spacial score (nSPS) is 11.2. The van der Waals surface area contributed by atoms with Crippen LogP contribution in [-0.4, -0.2) is 33.7 Å². The average molecular weight is 341 g/mol. The number of hydrogen-bond acceptors (Lipinski definition) is 5. The van der Waals surface area contributed by atoms with Crippen molar-refractivity contribution in [2.24, 2.45) is 0 Å². The highest BCUT2D eigenvalue weighted by atomic mass is 32.2. The molecule has 0 aliphatic rings. The standard InChI is InChI=1S/C14H15NO5S2/c1-9-8-12(21-13(9)14(16)17)22(18,19)15(2)10-6-4-5-7-11(10)20-3/h4-8H,1-3H3,(H,16,17). The van der Waals surface area contributed by atoms with Crippen LogP contribution in [-0.2, 0) is 10.0 Å². The summed E-state index contributed by atoms with van der Waals surface area (Å²) in [6.45, 7) is 1.57. The van der Waals surface area contributed by atoms with Gasteiger partial charge in [0.05, 0.1) is 12.8 Å². The van der Waals surface area contributed by atoms with Gasteiger partial charge >= 0.3 is 5.97 Å². The molecule has 0 aliphatic heterocycles. The Hall–Kier alpha value is -2.06. The van der Waals surface area contributed by atoms with E-state index in [0.29, 0.717) is 17.0 Å². The van der Waals surface area contributed by atoms with Crippen LogP contribution in [0.3, 0.4) is 0 Å². The number of benzene rings is 1. The minimum absolute atomic E-state index is 0.0178. The maximum Gasteiger partial charge on any atom is 0.346 e. The van der Waals surface area contributed by atoms with Gasteiger partial charge in [0.15, 0.2) is 0 Å². The number of hydrogen-bond donors (Lipinski definition) is 1. The summed E-state index contributed by atoms with van der Waals surface area (Å²) in [6, 6.07) is 8.08. The van der Waals surface area contributed by atoms with Gasteiger partial charge in [0.25, 0.3) is 10.0 Å². The van der Waals surface area contributed by atoms with Gasteiger partial charge in [0.2, 0.25) is 0 Å². The van der Waals surface area contributed by atoms with Gasteiger partial charge in [-0.25, -0.2) is 13.2 Å². The Morgan fingerprint density at radius 3 is 2.50 bits per heavy atom. The van der Waals surface area contributed by atoms with Crippen molar-refractivity contribution in [1.29, 1.82) is 0 Å². The molecule has 22 heavy (non-hydrogen) atoms. The van der Waals surface area contributed by atoms with Crippen LogP contribution in [0.2, 0.25) is 0 Å². The van der Waals surface area contributed by atoms with Crippen molar-refractivity contribution >= 4 is 33.0 Å². The van der Waals surface area contributed by atoms with E-state index in [0.717, 1.165) is 15.6 Å². The predicted octanol–water partition coefficient (Wildman–Crippen LogP) is 2.59. The quantitative estimate of drug-likeness (QED) is 0.903. The van der Waals surface area contributed by atoms with Gasteiger partial charge in [-0.1, -0.05) is 12.1 Å². The zero-order valence-corrected chi connectivity index (χ0v) is 13.9. The van der Waals surface area contributed by atoms with Gasteiger partial charge in [0.1, 0.15) is 14.8 Å². The fraction of sp³-hybridized carbons (Fsp3) is 0.214. The van der Waals surface area contributed by atoms with E-state index in [4.69, 9.17) is 9.84 Å². The molecule has 0 saturated heterocycles. The van der Waals surface area contributed by atoms with Crippen molar-refractivity contribution in [2.75, 3.05) is 18.5 Å². The summed E-state index contributed by atoms with van der Waals surface area (Å²) in [4.78, 5) is 11.1. The van der Waals surface area contributed by atoms with E-state index < -0.39 is 16.0 Å². The molecular weight excluding hydrogens is 326 g/mol. The van der Waals surface area contributed by atoms with Gasteiger partial charge in [0, 0.05) is 7.05 Å². The molecule has 6 nitrogen and oxygen atoms in total. The molecule has 8 heteroatoms. The first-order chi connectivity index (χ1) is 10.3. The molecule has 2 aromatic rings. The lowest BCUT2D eigenvalue weighted by Gasteiger charge is -2.20. The van der Waals surface area contributed by atoms with Gasteiger partial charge in [-0.2, -0.15) is 0 Å². The summed E-state index contributed by atoms with van der Waals surface area (Å²) in [6.07, 6.45) is 0. The number of anilines is 1. The third kappa shape index (κ3) is 2.79. The van der Waals surface area contributed by atoms with Crippen LogP contribution in [0.5, 0.6) is 5.75 Å². The Labute approximate surface area is 132 Å². The summed E-state index contributed by atoms with van der Waals surface area (Å²) in [7, 11) is -0.990. The Kier molecular flexibility index (Phi) is 4.43. The fourth-order valence-corrected chi connectivity index (χ4v) is 4.70.